The van der Waals surface area contributed by atoms with Crippen molar-refractivity contribution in [3.05, 3.63) is 35.4 Å². The fraction of sp³-hybridized carbons (Fsp3) is 0.619. The number of hydrogen-bond donors (Lipinski definition) is 0. The van der Waals surface area contributed by atoms with Crippen LogP contribution in [-0.4, -0.2) is 40.6 Å². The van der Waals surface area contributed by atoms with Crippen LogP contribution in [0, 0.1) is 11.8 Å². The van der Waals surface area contributed by atoms with Crippen molar-refractivity contribution in [1.82, 2.24) is 4.90 Å². The van der Waals surface area contributed by atoms with Gasteiger partial charge in [0.25, 0.3) is 5.91 Å². The first-order valence-corrected chi connectivity index (χ1v) is 10.6. The van der Waals surface area contributed by atoms with Gasteiger partial charge in [-0.1, -0.05) is 46.8 Å². The van der Waals surface area contributed by atoms with Crippen LogP contribution in [0.3, 0.4) is 0 Å². The van der Waals surface area contributed by atoms with Gasteiger partial charge in [-0.25, -0.2) is 4.79 Å². The summed E-state index contributed by atoms with van der Waals surface area (Å²) in [6, 6.07) is 7.21. The molecular formula is C21H31NO3S. The molecule has 0 spiro atoms. The number of aryl methyl sites for hydroxylation is 1. The van der Waals surface area contributed by atoms with Crippen molar-refractivity contribution >= 4 is 23.6 Å². The lowest BCUT2D eigenvalue weighted by molar-refractivity contribution is -0.149. The number of nitrogens with zero attached hydrogens (tertiary/aromatic N) is 1. The summed E-state index contributed by atoms with van der Waals surface area (Å²) >= 11 is 1.68. The highest BCUT2D eigenvalue weighted by atomic mass is 32.2. The Labute approximate surface area is 161 Å². The normalized spacial score (nSPS) is 20.0. The van der Waals surface area contributed by atoms with Crippen LogP contribution in [0.2, 0.25) is 0 Å². The monoisotopic (exact) mass is 377 g/mol. The average Bonchev–Trinajstić information content (AvgIpc) is 3.01. The Bertz CT molecular complexity index is 612. The lowest BCUT2D eigenvalue weighted by atomic mass is 10.1. The molecule has 0 aromatic heterocycles. The number of benzene rings is 1. The second kappa shape index (κ2) is 9.45. The third-order valence-corrected chi connectivity index (χ3v) is 5.75. The largest absolute Gasteiger partial charge is 0.464 e. The third-order valence-electron chi connectivity index (χ3n) is 4.44. The summed E-state index contributed by atoms with van der Waals surface area (Å²) in [6.07, 6.45) is 1.81. The second-order valence-electron chi connectivity index (χ2n) is 7.72. The van der Waals surface area contributed by atoms with Crippen LogP contribution in [0.5, 0.6) is 0 Å². The van der Waals surface area contributed by atoms with Crippen molar-refractivity contribution in [2.45, 2.75) is 58.9 Å². The highest BCUT2D eigenvalue weighted by Gasteiger charge is 2.42. The van der Waals surface area contributed by atoms with E-state index in [0.717, 1.165) is 12.8 Å². The molecule has 1 amide bonds. The summed E-state index contributed by atoms with van der Waals surface area (Å²) in [6.45, 7) is 10.8. The molecule has 0 radical (unpaired) electrons. The van der Waals surface area contributed by atoms with Crippen molar-refractivity contribution in [2.24, 2.45) is 11.8 Å². The molecule has 144 valence electrons. The maximum Gasteiger partial charge on any atom is 0.329 e. The number of esters is 1. The Kier molecular flexibility index (Phi) is 7.56. The summed E-state index contributed by atoms with van der Waals surface area (Å²) in [5.41, 5.74) is 1.84. The van der Waals surface area contributed by atoms with Crippen molar-refractivity contribution in [3.8, 4) is 0 Å². The van der Waals surface area contributed by atoms with E-state index in [1.807, 2.05) is 38.1 Å². The number of hydrogen-bond acceptors (Lipinski definition) is 4. The van der Waals surface area contributed by atoms with Crippen LogP contribution in [0.4, 0.5) is 0 Å². The lowest BCUT2D eigenvalue weighted by Gasteiger charge is -2.29. The van der Waals surface area contributed by atoms with E-state index in [1.165, 1.54) is 5.56 Å². The smallest absolute Gasteiger partial charge is 0.329 e. The molecule has 0 aliphatic carbocycles. The summed E-state index contributed by atoms with van der Waals surface area (Å²) in [5.74, 6) is 0.985. The molecule has 1 heterocycles. The van der Waals surface area contributed by atoms with Gasteiger partial charge in [0.15, 0.2) is 0 Å². The number of ether oxygens (including phenoxy) is 1. The summed E-state index contributed by atoms with van der Waals surface area (Å²) in [7, 11) is 0. The number of carbonyl (C=O) groups is 2. The minimum atomic E-state index is -0.499. The Balaban J connectivity index is 2.22. The van der Waals surface area contributed by atoms with Gasteiger partial charge in [-0.2, -0.15) is 0 Å². The quantitative estimate of drug-likeness (QED) is 0.662. The van der Waals surface area contributed by atoms with Crippen molar-refractivity contribution in [2.75, 3.05) is 12.4 Å². The predicted molar refractivity (Wildman–Crippen MR) is 107 cm³/mol. The third kappa shape index (κ3) is 5.26. The lowest BCUT2D eigenvalue weighted by Crippen LogP contribution is -2.46. The van der Waals surface area contributed by atoms with Crippen molar-refractivity contribution in [3.63, 3.8) is 0 Å². The number of carbonyl (C=O) groups excluding carboxylic acids is 2. The van der Waals surface area contributed by atoms with Crippen LogP contribution < -0.4 is 0 Å². The molecule has 1 saturated heterocycles. The highest BCUT2D eigenvalue weighted by molar-refractivity contribution is 8.00. The van der Waals surface area contributed by atoms with Crippen LogP contribution in [0.1, 0.15) is 57.0 Å². The summed E-state index contributed by atoms with van der Waals surface area (Å²) in [4.78, 5) is 27.6. The van der Waals surface area contributed by atoms with Gasteiger partial charge < -0.3 is 9.64 Å². The van der Waals surface area contributed by atoms with Crippen LogP contribution >= 0.6 is 11.8 Å². The Morgan fingerprint density at radius 1 is 1.15 bits per heavy atom. The minimum Gasteiger partial charge on any atom is -0.464 e. The molecule has 2 rings (SSSR count). The standard InChI is InChI=1S/C21H31NO3S/c1-6-16-7-9-17(10-8-16)20(23)22-18(21(24)25-12-15(4)5)13-26-19(22)11-14(2)3/h7-10,14-15,18-19H,6,11-13H2,1-5H3. The zero-order valence-electron chi connectivity index (χ0n) is 16.5. The maximum absolute atomic E-state index is 13.2. The molecule has 4 nitrogen and oxygen atoms in total. The van der Waals surface area contributed by atoms with Crippen LogP contribution in [0.15, 0.2) is 24.3 Å². The molecular weight excluding hydrogens is 346 g/mol. The van der Waals surface area contributed by atoms with E-state index in [-0.39, 0.29) is 23.2 Å². The fourth-order valence-electron chi connectivity index (χ4n) is 2.98. The molecule has 1 aliphatic rings. The van der Waals surface area contributed by atoms with E-state index in [2.05, 4.69) is 20.8 Å². The van der Waals surface area contributed by atoms with Gasteiger partial charge in [0.2, 0.25) is 0 Å². The van der Waals surface area contributed by atoms with Gasteiger partial charge in [0, 0.05) is 11.3 Å². The van der Waals surface area contributed by atoms with E-state index in [1.54, 1.807) is 16.7 Å². The van der Waals surface area contributed by atoms with E-state index in [4.69, 9.17) is 4.74 Å². The second-order valence-corrected chi connectivity index (χ2v) is 8.93. The van der Waals surface area contributed by atoms with Crippen LogP contribution in [-0.2, 0) is 16.0 Å². The topological polar surface area (TPSA) is 46.6 Å². The molecule has 1 aromatic rings. The maximum atomic E-state index is 13.2. The van der Waals surface area contributed by atoms with Crippen molar-refractivity contribution in [1.29, 1.82) is 0 Å². The van der Waals surface area contributed by atoms with Gasteiger partial charge >= 0.3 is 5.97 Å². The molecule has 0 bridgehead atoms. The molecule has 2 unspecified atom stereocenters. The van der Waals surface area contributed by atoms with Crippen LogP contribution in [0.25, 0.3) is 0 Å². The SMILES string of the molecule is CCc1ccc(C(=O)N2C(CC(C)C)SCC2C(=O)OCC(C)C)cc1. The van der Waals surface area contributed by atoms with Gasteiger partial charge in [-0.05, 0) is 42.4 Å². The zero-order valence-corrected chi connectivity index (χ0v) is 17.3. The molecule has 5 heteroatoms. The summed E-state index contributed by atoms with van der Waals surface area (Å²) in [5, 5.41) is 0.0185. The van der Waals surface area contributed by atoms with Gasteiger partial charge in [-0.15, -0.1) is 11.8 Å². The minimum absolute atomic E-state index is 0.0185. The van der Waals surface area contributed by atoms with Gasteiger partial charge in [0.1, 0.15) is 6.04 Å². The molecule has 26 heavy (non-hydrogen) atoms. The first-order valence-electron chi connectivity index (χ1n) is 9.53. The molecule has 1 fully saturated rings. The van der Waals surface area contributed by atoms with E-state index >= 15 is 0 Å². The van der Waals surface area contributed by atoms with Crippen molar-refractivity contribution < 1.29 is 14.3 Å². The van der Waals surface area contributed by atoms with E-state index in [9.17, 15) is 9.59 Å². The Hall–Kier alpha value is -1.49. The zero-order chi connectivity index (χ0) is 19.3. The Morgan fingerprint density at radius 3 is 2.35 bits per heavy atom. The molecule has 0 saturated carbocycles. The first kappa shape index (κ1) is 20.8. The number of rotatable bonds is 7. The first-order chi connectivity index (χ1) is 12.3. The molecule has 0 N–H and O–H groups in total. The van der Waals surface area contributed by atoms with Gasteiger partial charge in [0.05, 0.1) is 12.0 Å². The number of thioether (sulfide) groups is 1. The highest BCUT2D eigenvalue weighted by Crippen LogP contribution is 2.35. The van der Waals surface area contributed by atoms with E-state index in [0.29, 0.717) is 23.8 Å². The molecule has 1 aliphatic heterocycles. The average molecular weight is 378 g/mol. The van der Waals surface area contributed by atoms with E-state index < -0.39 is 6.04 Å². The molecule has 2 atom stereocenters. The Morgan fingerprint density at radius 2 is 1.81 bits per heavy atom. The predicted octanol–water partition coefficient (Wildman–Crippen LogP) is 4.38. The molecule has 1 aromatic carbocycles. The summed E-state index contributed by atoms with van der Waals surface area (Å²) < 4.78 is 5.45. The number of amides is 1. The van der Waals surface area contributed by atoms with Gasteiger partial charge in [-0.3, -0.25) is 4.79 Å². The fourth-order valence-corrected chi connectivity index (χ4v) is 4.60.